The number of halogens is 2. The molecule has 29 heavy (non-hydrogen) atoms. The number of hydrogen-bond acceptors (Lipinski definition) is 3. The summed E-state index contributed by atoms with van der Waals surface area (Å²) in [5.41, 5.74) is 2.86. The molecule has 0 radical (unpaired) electrons. The minimum absolute atomic E-state index is 0.0633. The summed E-state index contributed by atoms with van der Waals surface area (Å²) < 4.78 is 22.9. The highest BCUT2D eigenvalue weighted by Crippen LogP contribution is 2.40. The van der Waals surface area contributed by atoms with E-state index in [-0.39, 0.29) is 17.4 Å². The van der Waals surface area contributed by atoms with E-state index in [1.54, 1.807) is 9.08 Å². The van der Waals surface area contributed by atoms with E-state index in [1.165, 1.54) is 19.2 Å². The van der Waals surface area contributed by atoms with Gasteiger partial charge >= 0.3 is 0 Å². The van der Waals surface area contributed by atoms with Crippen molar-refractivity contribution >= 4 is 17.1 Å². The van der Waals surface area contributed by atoms with Crippen molar-refractivity contribution in [1.82, 2.24) is 14.2 Å². The van der Waals surface area contributed by atoms with Gasteiger partial charge in [0.15, 0.2) is 17.4 Å². The smallest absolute Gasteiger partial charge is 0.278 e. The highest BCUT2D eigenvalue weighted by Gasteiger charge is 2.31. The lowest BCUT2D eigenvalue weighted by atomic mass is 9.95. The van der Waals surface area contributed by atoms with Crippen LogP contribution in [0.2, 0.25) is 5.02 Å². The van der Waals surface area contributed by atoms with Crippen molar-refractivity contribution < 1.29 is 9.13 Å². The van der Waals surface area contributed by atoms with Crippen molar-refractivity contribution in [3.63, 3.8) is 0 Å². The second-order valence-corrected chi connectivity index (χ2v) is 8.12. The number of hydrogen-bond donors (Lipinski definition) is 0. The third-order valence-electron chi connectivity index (χ3n) is 5.85. The summed E-state index contributed by atoms with van der Waals surface area (Å²) in [5.74, 6) is 0.221. The molecular weight excluding hydrogens is 393 g/mol. The molecule has 5 nitrogen and oxygen atoms in total. The van der Waals surface area contributed by atoms with E-state index in [9.17, 15) is 9.18 Å². The third-order valence-corrected chi connectivity index (χ3v) is 6.16. The molecule has 0 aliphatic heterocycles. The first-order valence-electron chi connectivity index (χ1n) is 10.1. The Morgan fingerprint density at radius 3 is 2.55 bits per heavy atom. The Labute approximate surface area is 174 Å². The molecule has 1 aromatic carbocycles. The van der Waals surface area contributed by atoms with Gasteiger partial charge in [-0.15, -0.1) is 5.10 Å². The Hall–Kier alpha value is -2.34. The minimum Gasteiger partial charge on any atom is -0.494 e. The number of fused-ring (bicyclic) bond motifs is 1. The first-order chi connectivity index (χ1) is 13.9. The fraction of sp³-hybridized carbons (Fsp3) is 0.455. The lowest BCUT2D eigenvalue weighted by Gasteiger charge is -2.16. The van der Waals surface area contributed by atoms with Gasteiger partial charge in [0, 0.05) is 23.4 Å². The van der Waals surface area contributed by atoms with Crippen LogP contribution in [0.25, 0.3) is 16.9 Å². The van der Waals surface area contributed by atoms with Crippen LogP contribution in [-0.2, 0) is 0 Å². The van der Waals surface area contributed by atoms with E-state index in [0.717, 1.165) is 36.9 Å². The van der Waals surface area contributed by atoms with Crippen molar-refractivity contribution in [2.45, 2.75) is 58.4 Å². The topological polar surface area (TPSA) is 48.5 Å². The van der Waals surface area contributed by atoms with E-state index in [1.807, 2.05) is 6.92 Å². The minimum atomic E-state index is -0.537. The summed E-state index contributed by atoms with van der Waals surface area (Å²) >= 11 is 6.44. The van der Waals surface area contributed by atoms with Crippen LogP contribution in [0.4, 0.5) is 4.39 Å². The number of nitrogens with zero attached hydrogens (tertiary/aromatic N) is 3. The van der Waals surface area contributed by atoms with Crippen molar-refractivity contribution in [3.8, 4) is 17.1 Å². The van der Waals surface area contributed by atoms with Crippen LogP contribution in [-0.4, -0.2) is 21.3 Å². The summed E-state index contributed by atoms with van der Waals surface area (Å²) in [4.78, 5) is 13.6. The molecule has 7 heteroatoms. The van der Waals surface area contributed by atoms with Crippen molar-refractivity contribution in [2.75, 3.05) is 7.11 Å². The SMILES string of the molecule is CCC(CC)c1cc(C)n2nc(-c3cc(F)c(OC)cc3Cl)n(C3CC3)c(=O)c12. The molecule has 0 spiro atoms. The molecule has 2 heterocycles. The van der Waals surface area contributed by atoms with E-state index in [2.05, 4.69) is 19.9 Å². The second kappa shape index (κ2) is 7.48. The zero-order valence-corrected chi connectivity index (χ0v) is 17.9. The molecular formula is C22H25ClFN3O2. The Morgan fingerprint density at radius 1 is 1.28 bits per heavy atom. The maximum Gasteiger partial charge on any atom is 0.278 e. The van der Waals surface area contributed by atoms with Gasteiger partial charge in [-0.3, -0.25) is 9.36 Å². The lowest BCUT2D eigenvalue weighted by molar-refractivity contribution is 0.386. The van der Waals surface area contributed by atoms with Crippen LogP contribution in [0.1, 0.15) is 62.7 Å². The highest BCUT2D eigenvalue weighted by molar-refractivity contribution is 6.33. The number of aryl methyl sites for hydroxylation is 1. The average molecular weight is 418 g/mol. The summed E-state index contributed by atoms with van der Waals surface area (Å²) in [6, 6.07) is 4.85. The fourth-order valence-electron chi connectivity index (χ4n) is 4.10. The zero-order chi connectivity index (χ0) is 20.9. The van der Waals surface area contributed by atoms with Crippen molar-refractivity contribution in [2.24, 2.45) is 0 Å². The predicted molar refractivity (Wildman–Crippen MR) is 113 cm³/mol. The molecule has 1 fully saturated rings. The van der Waals surface area contributed by atoms with Gasteiger partial charge in [-0.2, -0.15) is 0 Å². The zero-order valence-electron chi connectivity index (χ0n) is 17.1. The first-order valence-corrected chi connectivity index (χ1v) is 10.5. The predicted octanol–water partition coefficient (Wildman–Crippen LogP) is 5.51. The van der Waals surface area contributed by atoms with Gasteiger partial charge < -0.3 is 4.74 Å². The van der Waals surface area contributed by atoms with Crippen LogP contribution < -0.4 is 10.3 Å². The first kappa shape index (κ1) is 20.0. The van der Waals surface area contributed by atoms with Gasteiger partial charge in [0.25, 0.3) is 5.56 Å². The largest absolute Gasteiger partial charge is 0.494 e. The summed E-state index contributed by atoms with van der Waals surface area (Å²) in [7, 11) is 1.39. The molecule has 4 rings (SSSR count). The van der Waals surface area contributed by atoms with E-state index < -0.39 is 5.82 Å². The van der Waals surface area contributed by atoms with Gasteiger partial charge in [-0.05, 0) is 56.2 Å². The molecule has 3 aromatic rings. The van der Waals surface area contributed by atoms with Gasteiger partial charge in [0.2, 0.25) is 0 Å². The molecule has 0 amide bonds. The van der Waals surface area contributed by atoms with E-state index >= 15 is 0 Å². The molecule has 0 unspecified atom stereocenters. The molecule has 154 valence electrons. The van der Waals surface area contributed by atoms with Gasteiger partial charge in [0.1, 0.15) is 5.52 Å². The van der Waals surface area contributed by atoms with Crippen LogP contribution in [0.5, 0.6) is 5.75 Å². The van der Waals surface area contributed by atoms with E-state index in [4.69, 9.17) is 21.4 Å². The fourth-order valence-corrected chi connectivity index (χ4v) is 4.34. The maximum atomic E-state index is 14.5. The molecule has 1 aliphatic rings. The molecule has 2 aromatic heterocycles. The van der Waals surface area contributed by atoms with Gasteiger partial charge in [-0.25, -0.2) is 8.91 Å². The number of methoxy groups -OCH3 is 1. The number of ether oxygens (including phenoxy) is 1. The monoisotopic (exact) mass is 417 g/mol. The standard InChI is InChI=1S/C22H25ClFN3O2/c1-5-13(6-2)15-9-12(3)27-20(15)22(28)26(14-7-8-14)21(25-27)16-10-18(24)19(29-4)11-17(16)23/h9-11,13-14H,5-8H2,1-4H3. The van der Waals surface area contributed by atoms with E-state index in [0.29, 0.717) is 27.8 Å². The molecule has 0 N–H and O–H groups in total. The second-order valence-electron chi connectivity index (χ2n) is 7.71. The molecule has 0 atom stereocenters. The Bertz CT molecular complexity index is 1140. The summed E-state index contributed by atoms with van der Waals surface area (Å²) in [6.07, 6.45) is 3.72. The summed E-state index contributed by atoms with van der Waals surface area (Å²) in [6.45, 7) is 6.20. The van der Waals surface area contributed by atoms with Gasteiger partial charge in [0.05, 0.1) is 12.1 Å². The van der Waals surface area contributed by atoms with Crippen LogP contribution in [0.15, 0.2) is 23.0 Å². The molecule has 1 aliphatic carbocycles. The molecule has 0 saturated heterocycles. The highest BCUT2D eigenvalue weighted by atomic mass is 35.5. The van der Waals surface area contributed by atoms with Crippen molar-refractivity contribution in [3.05, 3.63) is 50.7 Å². The Balaban J connectivity index is 2.04. The number of rotatable bonds is 6. The van der Waals surface area contributed by atoms with Gasteiger partial charge in [-0.1, -0.05) is 25.4 Å². The van der Waals surface area contributed by atoms with Crippen molar-refractivity contribution in [1.29, 1.82) is 0 Å². The normalized spacial score (nSPS) is 14.2. The van der Waals surface area contributed by atoms with Crippen LogP contribution in [0, 0.1) is 12.7 Å². The number of benzene rings is 1. The Morgan fingerprint density at radius 2 is 1.97 bits per heavy atom. The Kier molecular flexibility index (Phi) is 5.15. The summed E-state index contributed by atoms with van der Waals surface area (Å²) in [5, 5.41) is 5.08. The quantitative estimate of drug-likeness (QED) is 0.531. The average Bonchev–Trinajstić information content (AvgIpc) is 3.48. The lowest BCUT2D eigenvalue weighted by Crippen LogP contribution is -2.26. The molecule has 1 saturated carbocycles. The maximum absolute atomic E-state index is 14.5. The molecule has 0 bridgehead atoms. The number of aromatic nitrogens is 3. The van der Waals surface area contributed by atoms with Crippen LogP contribution >= 0.6 is 11.6 Å². The van der Waals surface area contributed by atoms with Crippen LogP contribution in [0.3, 0.4) is 0 Å². The third kappa shape index (κ3) is 3.23.